The fraction of sp³-hybridized carbons (Fsp3) is 0.227. The van der Waals surface area contributed by atoms with E-state index in [9.17, 15) is 0 Å². The van der Waals surface area contributed by atoms with E-state index < -0.39 is 0 Å². The highest BCUT2D eigenvalue weighted by molar-refractivity contribution is 5.65. The molecule has 1 aliphatic rings. The van der Waals surface area contributed by atoms with Crippen LogP contribution >= 0.6 is 0 Å². The topological polar surface area (TPSA) is 42.2 Å². The summed E-state index contributed by atoms with van der Waals surface area (Å²) in [5.74, 6) is 1.01. The van der Waals surface area contributed by atoms with Crippen LogP contribution in [0.1, 0.15) is 34.8 Å². The third kappa shape index (κ3) is 3.03. The summed E-state index contributed by atoms with van der Waals surface area (Å²) in [5, 5.41) is 0. The van der Waals surface area contributed by atoms with Gasteiger partial charge in [-0.15, -0.1) is 0 Å². The highest BCUT2D eigenvalue weighted by atomic mass is 15.2. The minimum absolute atomic E-state index is 0.142. The number of nitrogens with zero attached hydrogens (tertiary/aromatic N) is 2. The van der Waals surface area contributed by atoms with E-state index in [1.54, 1.807) is 0 Å². The van der Waals surface area contributed by atoms with Crippen LogP contribution in [-0.2, 0) is 6.42 Å². The second kappa shape index (κ2) is 6.69. The number of aryl methyl sites for hydroxylation is 2. The van der Waals surface area contributed by atoms with E-state index in [0.717, 1.165) is 42.0 Å². The highest BCUT2D eigenvalue weighted by Gasteiger charge is 2.20. The van der Waals surface area contributed by atoms with Crippen molar-refractivity contribution in [1.29, 1.82) is 0 Å². The van der Waals surface area contributed by atoms with Crippen molar-refractivity contribution in [1.82, 2.24) is 4.98 Å². The van der Waals surface area contributed by atoms with Gasteiger partial charge in [0.2, 0.25) is 0 Å². The minimum Gasteiger partial charge on any atom is -0.326 e. The SMILES string of the molecule is Cc1nc(N2CCCc3ccccc32)ccc1[C@@H](N)c1ccccc1. The van der Waals surface area contributed by atoms with Crippen molar-refractivity contribution in [2.75, 3.05) is 11.4 Å². The average Bonchev–Trinajstić information content (AvgIpc) is 2.67. The molecule has 0 radical (unpaired) electrons. The third-order valence-corrected chi connectivity index (χ3v) is 4.99. The van der Waals surface area contributed by atoms with E-state index >= 15 is 0 Å². The largest absolute Gasteiger partial charge is 0.326 e. The maximum Gasteiger partial charge on any atom is 0.133 e. The quantitative estimate of drug-likeness (QED) is 0.768. The van der Waals surface area contributed by atoms with Gasteiger partial charge in [-0.2, -0.15) is 0 Å². The molecule has 126 valence electrons. The zero-order valence-corrected chi connectivity index (χ0v) is 14.5. The lowest BCUT2D eigenvalue weighted by molar-refractivity contribution is 0.756. The first kappa shape index (κ1) is 15.9. The van der Waals surface area contributed by atoms with Crippen LogP contribution in [0.2, 0.25) is 0 Å². The molecule has 1 aromatic heterocycles. The number of hydrogen-bond acceptors (Lipinski definition) is 3. The van der Waals surface area contributed by atoms with Crippen molar-refractivity contribution in [3.8, 4) is 0 Å². The van der Waals surface area contributed by atoms with Crippen molar-refractivity contribution in [2.24, 2.45) is 5.73 Å². The van der Waals surface area contributed by atoms with E-state index in [1.807, 2.05) is 18.2 Å². The number of rotatable bonds is 3. The molecule has 0 unspecified atom stereocenters. The first-order valence-corrected chi connectivity index (χ1v) is 8.87. The van der Waals surface area contributed by atoms with Gasteiger partial charge in [-0.1, -0.05) is 54.6 Å². The van der Waals surface area contributed by atoms with E-state index in [-0.39, 0.29) is 6.04 Å². The number of fused-ring (bicyclic) bond motifs is 1. The van der Waals surface area contributed by atoms with Gasteiger partial charge in [0.15, 0.2) is 0 Å². The number of benzene rings is 2. The molecule has 1 atom stereocenters. The number of aromatic nitrogens is 1. The van der Waals surface area contributed by atoms with E-state index in [0.29, 0.717) is 0 Å². The zero-order chi connectivity index (χ0) is 17.2. The Kier molecular flexibility index (Phi) is 4.24. The number of nitrogens with two attached hydrogens (primary N) is 1. The molecule has 3 nitrogen and oxygen atoms in total. The second-order valence-corrected chi connectivity index (χ2v) is 6.62. The van der Waals surface area contributed by atoms with Crippen LogP contribution < -0.4 is 10.6 Å². The Bertz CT molecular complexity index is 873. The van der Waals surface area contributed by atoms with Gasteiger partial charge in [-0.05, 0) is 48.6 Å². The standard InChI is InChI=1S/C22H23N3/c1-16-19(22(23)18-9-3-2-4-10-18)13-14-21(24-16)25-15-7-11-17-8-5-6-12-20(17)25/h2-6,8-10,12-14,22H,7,11,15,23H2,1H3/t22-/m0/s1. The molecule has 0 saturated heterocycles. The number of para-hydroxylation sites is 1. The lowest BCUT2D eigenvalue weighted by atomic mass is 9.98. The molecule has 0 bridgehead atoms. The van der Waals surface area contributed by atoms with Gasteiger partial charge in [0, 0.05) is 17.9 Å². The van der Waals surface area contributed by atoms with Crippen LogP contribution in [0, 0.1) is 6.92 Å². The Balaban J connectivity index is 1.67. The molecular formula is C22H23N3. The minimum atomic E-state index is -0.142. The fourth-order valence-corrected chi connectivity index (χ4v) is 3.65. The smallest absolute Gasteiger partial charge is 0.133 e. The molecule has 25 heavy (non-hydrogen) atoms. The summed E-state index contributed by atoms with van der Waals surface area (Å²) in [7, 11) is 0. The first-order valence-electron chi connectivity index (χ1n) is 8.87. The molecule has 1 aliphatic heterocycles. The molecule has 2 heterocycles. The summed E-state index contributed by atoms with van der Waals surface area (Å²) < 4.78 is 0. The summed E-state index contributed by atoms with van der Waals surface area (Å²) in [6, 6.07) is 22.9. The second-order valence-electron chi connectivity index (χ2n) is 6.62. The van der Waals surface area contributed by atoms with Gasteiger partial charge in [-0.3, -0.25) is 0 Å². The van der Waals surface area contributed by atoms with Crippen LogP contribution in [0.5, 0.6) is 0 Å². The fourth-order valence-electron chi connectivity index (χ4n) is 3.65. The summed E-state index contributed by atoms with van der Waals surface area (Å²) in [5.41, 5.74) is 12.3. The average molecular weight is 329 g/mol. The van der Waals surface area contributed by atoms with Crippen molar-refractivity contribution in [2.45, 2.75) is 25.8 Å². The predicted octanol–water partition coefficient (Wildman–Crippen LogP) is 4.52. The zero-order valence-electron chi connectivity index (χ0n) is 14.5. The maximum atomic E-state index is 6.47. The summed E-state index contributed by atoms with van der Waals surface area (Å²) in [6.45, 7) is 3.06. The molecule has 2 N–H and O–H groups in total. The van der Waals surface area contributed by atoms with Crippen LogP contribution in [-0.4, -0.2) is 11.5 Å². The van der Waals surface area contributed by atoms with E-state index in [2.05, 4.69) is 60.4 Å². The molecule has 3 aromatic rings. The molecule has 0 aliphatic carbocycles. The van der Waals surface area contributed by atoms with Gasteiger partial charge in [0.05, 0.1) is 6.04 Å². The lowest BCUT2D eigenvalue weighted by Crippen LogP contribution is -2.25. The van der Waals surface area contributed by atoms with Crippen molar-refractivity contribution in [3.05, 3.63) is 89.1 Å². The lowest BCUT2D eigenvalue weighted by Gasteiger charge is -2.31. The molecular weight excluding hydrogens is 306 g/mol. The Morgan fingerprint density at radius 1 is 0.960 bits per heavy atom. The summed E-state index contributed by atoms with van der Waals surface area (Å²) in [4.78, 5) is 7.21. The van der Waals surface area contributed by atoms with Crippen molar-refractivity contribution < 1.29 is 0 Å². The first-order chi connectivity index (χ1) is 12.2. The van der Waals surface area contributed by atoms with E-state index in [1.165, 1.54) is 11.3 Å². The van der Waals surface area contributed by atoms with Gasteiger partial charge >= 0.3 is 0 Å². The number of pyridine rings is 1. The van der Waals surface area contributed by atoms with Gasteiger partial charge in [-0.25, -0.2) is 4.98 Å². The van der Waals surface area contributed by atoms with Gasteiger partial charge in [0.1, 0.15) is 5.82 Å². The maximum absolute atomic E-state index is 6.47. The normalized spacial score (nSPS) is 14.9. The number of anilines is 2. The molecule has 0 spiro atoms. The van der Waals surface area contributed by atoms with Crippen LogP contribution in [0.4, 0.5) is 11.5 Å². The van der Waals surface area contributed by atoms with Crippen LogP contribution in [0.3, 0.4) is 0 Å². The summed E-state index contributed by atoms with van der Waals surface area (Å²) in [6.07, 6.45) is 2.30. The molecule has 0 saturated carbocycles. The Hall–Kier alpha value is -2.65. The van der Waals surface area contributed by atoms with Crippen LogP contribution in [0.15, 0.2) is 66.7 Å². The molecule has 3 heteroatoms. The molecule has 0 amide bonds. The summed E-state index contributed by atoms with van der Waals surface area (Å²) >= 11 is 0. The Labute approximate surface area is 149 Å². The molecule has 0 fully saturated rings. The monoisotopic (exact) mass is 329 g/mol. The van der Waals surface area contributed by atoms with Crippen LogP contribution in [0.25, 0.3) is 0 Å². The van der Waals surface area contributed by atoms with E-state index in [4.69, 9.17) is 10.7 Å². The highest BCUT2D eigenvalue weighted by Crippen LogP contribution is 2.33. The van der Waals surface area contributed by atoms with Crippen molar-refractivity contribution in [3.63, 3.8) is 0 Å². The number of hydrogen-bond donors (Lipinski definition) is 1. The third-order valence-electron chi connectivity index (χ3n) is 4.99. The van der Waals surface area contributed by atoms with Gasteiger partial charge in [0.25, 0.3) is 0 Å². The Morgan fingerprint density at radius 2 is 1.72 bits per heavy atom. The molecule has 4 rings (SSSR count). The molecule has 2 aromatic carbocycles. The van der Waals surface area contributed by atoms with Gasteiger partial charge < -0.3 is 10.6 Å². The predicted molar refractivity (Wildman–Crippen MR) is 103 cm³/mol. The van der Waals surface area contributed by atoms with Crippen molar-refractivity contribution >= 4 is 11.5 Å². The Morgan fingerprint density at radius 3 is 2.52 bits per heavy atom.